The predicted octanol–water partition coefficient (Wildman–Crippen LogP) is 6.36. The molecule has 2 amide bonds. The number of nitrogens with one attached hydrogen (secondary N) is 2. The Morgan fingerprint density at radius 1 is 1.03 bits per heavy atom. The number of aryl methyl sites for hydroxylation is 1. The number of amides is 2. The number of benzene rings is 3. The van der Waals surface area contributed by atoms with Gasteiger partial charge < -0.3 is 20.5 Å². The third-order valence-electron chi connectivity index (χ3n) is 5.91. The molecule has 3 aromatic rings. The molecule has 0 aliphatic heterocycles. The second-order valence-corrected chi connectivity index (χ2v) is 8.41. The van der Waals surface area contributed by atoms with Crippen molar-refractivity contribution in [1.82, 2.24) is 0 Å². The minimum Gasteiger partial charge on any atom is -0.484 e. The van der Waals surface area contributed by atoms with Crippen LogP contribution in [0.1, 0.15) is 48.5 Å². The van der Waals surface area contributed by atoms with Gasteiger partial charge in [-0.3, -0.25) is 4.79 Å². The zero-order valence-electron chi connectivity index (χ0n) is 18.7. The van der Waals surface area contributed by atoms with Gasteiger partial charge in [-0.25, -0.2) is 4.79 Å². The SMILES string of the molecule is CC[C@@H](Oc1ccc([C@H]2C[C@H]2C(=O)O)cc1NC(=O)Nc1ccc(C)cc1)c1ccccc1. The van der Waals surface area contributed by atoms with Crippen molar-refractivity contribution in [2.24, 2.45) is 5.92 Å². The summed E-state index contributed by atoms with van der Waals surface area (Å²) in [7, 11) is 0. The van der Waals surface area contributed by atoms with E-state index < -0.39 is 5.97 Å². The molecule has 0 unspecified atom stereocenters. The molecule has 3 aromatic carbocycles. The Morgan fingerprint density at radius 2 is 1.76 bits per heavy atom. The molecule has 1 aliphatic rings. The number of carbonyl (C=O) groups excluding carboxylic acids is 1. The summed E-state index contributed by atoms with van der Waals surface area (Å²) in [6.07, 6.45) is 1.18. The summed E-state index contributed by atoms with van der Waals surface area (Å²) < 4.78 is 6.32. The Labute approximate surface area is 193 Å². The van der Waals surface area contributed by atoms with Crippen LogP contribution in [0.15, 0.2) is 72.8 Å². The van der Waals surface area contributed by atoms with E-state index in [1.54, 1.807) is 0 Å². The van der Waals surface area contributed by atoms with Gasteiger partial charge in [-0.05, 0) is 61.1 Å². The molecule has 0 radical (unpaired) electrons. The molecule has 0 saturated heterocycles. The lowest BCUT2D eigenvalue weighted by atomic mass is 10.1. The van der Waals surface area contributed by atoms with Crippen molar-refractivity contribution in [3.63, 3.8) is 0 Å². The molecule has 170 valence electrons. The van der Waals surface area contributed by atoms with E-state index in [4.69, 9.17) is 4.74 Å². The third-order valence-corrected chi connectivity index (χ3v) is 5.91. The number of carboxylic acid groups (broad SMARTS) is 1. The molecule has 1 fully saturated rings. The zero-order valence-corrected chi connectivity index (χ0v) is 18.7. The van der Waals surface area contributed by atoms with Crippen LogP contribution in [0, 0.1) is 12.8 Å². The number of hydrogen-bond acceptors (Lipinski definition) is 3. The molecule has 1 aliphatic carbocycles. The largest absolute Gasteiger partial charge is 0.484 e. The Bertz CT molecular complexity index is 1130. The standard InChI is InChI=1S/C27H28N2O4/c1-3-24(18-7-5-4-6-8-18)33-25-14-11-19(21-16-22(21)26(30)31)15-23(25)29-27(32)28-20-12-9-17(2)10-13-20/h4-15,21-22,24H,3,16H2,1-2H3,(H,30,31)(H2,28,29,32)/t21-,22-,24-/m1/s1. The van der Waals surface area contributed by atoms with Crippen LogP contribution < -0.4 is 15.4 Å². The molecule has 6 nitrogen and oxygen atoms in total. The molecule has 0 spiro atoms. The summed E-state index contributed by atoms with van der Waals surface area (Å²) in [5.74, 6) is -0.671. The number of anilines is 2. The van der Waals surface area contributed by atoms with E-state index in [2.05, 4.69) is 10.6 Å². The monoisotopic (exact) mass is 444 g/mol. The normalized spacial score (nSPS) is 17.6. The fourth-order valence-electron chi connectivity index (χ4n) is 3.94. The van der Waals surface area contributed by atoms with E-state index in [1.807, 2.05) is 86.6 Å². The highest BCUT2D eigenvalue weighted by atomic mass is 16.5. The van der Waals surface area contributed by atoms with Crippen LogP contribution >= 0.6 is 0 Å². The van der Waals surface area contributed by atoms with E-state index in [1.165, 1.54) is 0 Å². The number of carbonyl (C=O) groups is 2. The van der Waals surface area contributed by atoms with E-state index in [0.29, 0.717) is 23.5 Å². The van der Waals surface area contributed by atoms with E-state index in [-0.39, 0.29) is 24.0 Å². The Morgan fingerprint density at radius 3 is 2.39 bits per heavy atom. The number of aliphatic carboxylic acids is 1. The number of hydrogen-bond donors (Lipinski definition) is 3. The van der Waals surface area contributed by atoms with Gasteiger partial charge in [0.2, 0.25) is 0 Å². The van der Waals surface area contributed by atoms with Gasteiger partial charge in [0.15, 0.2) is 0 Å². The van der Waals surface area contributed by atoms with Crippen LogP contribution in [0.2, 0.25) is 0 Å². The van der Waals surface area contributed by atoms with E-state index in [0.717, 1.165) is 23.1 Å². The number of urea groups is 1. The van der Waals surface area contributed by atoms with Crippen molar-refractivity contribution >= 4 is 23.4 Å². The quantitative estimate of drug-likeness (QED) is 0.377. The topological polar surface area (TPSA) is 87.7 Å². The lowest BCUT2D eigenvalue weighted by Gasteiger charge is -2.21. The first-order valence-corrected chi connectivity index (χ1v) is 11.2. The third kappa shape index (κ3) is 5.52. The second-order valence-electron chi connectivity index (χ2n) is 8.41. The Hall–Kier alpha value is -3.80. The molecular weight excluding hydrogens is 416 g/mol. The van der Waals surface area contributed by atoms with Gasteiger partial charge >= 0.3 is 12.0 Å². The summed E-state index contributed by atoms with van der Waals surface area (Å²) in [6, 6.07) is 22.6. The van der Waals surface area contributed by atoms with Crippen molar-refractivity contribution in [2.75, 3.05) is 10.6 Å². The predicted molar refractivity (Wildman–Crippen MR) is 129 cm³/mol. The molecule has 0 aromatic heterocycles. The maximum Gasteiger partial charge on any atom is 0.323 e. The van der Waals surface area contributed by atoms with Gasteiger partial charge in [0.1, 0.15) is 11.9 Å². The first-order chi connectivity index (χ1) is 15.9. The number of ether oxygens (including phenoxy) is 1. The van der Waals surface area contributed by atoms with Gasteiger partial charge in [-0.1, -0.05) is 61.0 Å². The van der Waals surface area contributed by atoms with Gasteiger partial charge in [0.05, 0.1) is 11.6 Å². The first-order valence-electron chi connectivity index (χ1n) is 11.2. The van der Waals surface area contributed by atoms with Crippen LogP contribution in [-0.2, 0) is 4.79 Å². The maximum absolute atomic E-state index is 12.7. The molecule has 0 heterocycles. The zero-order chi connectivity index (χ0) is 23.4. The van der Waals surface area contributed by atoms with Crippen molar-refractivity contribution in [2.45, 2.75) is 38.7 Å². The summed E-state index contributed by atoms with van der Waals surface area (Å²) in [5.41, 5.74) is 4.23. The van der Waals surface area contributed by atoms with Crippen LogP contribution in [-0.4, -0.2) is 17.1 Å². The Balaban J connectivity index is 1.57. The summed E-state index contributed by atoms with van der Waals surface area (Å²) >= 11 is 0. The molecule has 0 bridgehead atoms. The minimum atomic E-state index is -0.790. The van der Waals surface area contributed by atoms with Crippen LogP contribution in [0.25, 0.3) is 0 Å². The van der Waals surface area contributed by atoms with E-state index >= 15 is 0 Å². The molecule has 3 N–H and O–H groups in total. The molecule has 4 rings (SSSR count). The molecule has 3 atom stereocenters. The van der Waals surface area contributed by atoms with Crippen LogP contribution in [0.4, 0.5) is 16.2 Å². The van der Waals surface area contributed by atoms with Crippen molar-refractivity contribution in [3.8, 4) is 5.75 Å². The van der Waals surface area contributed by atoms with Crippen molar-refractivity contribution < 1.29 is 19.4 Å². The molecule has 1 saturated carbocycles. The van der Waals surface area contributed by atoms with Gasteiger partial charge in [0, 0.05) is 5.69 Å². The lowest BCUT2D eigenvalue weighted by molar-refractivity contribution is -0.138. The first kappa shape index (κ1) is 22.4. The number of rotatable bonds is 8. The highest BCUT2D eigenvalue weighted by molar-refractivity contribution is 6.00. The second kappa shape index (κ2) is 9.77. The maximum atomic E-state index is 12.7. The molecular formula is C27H28N2O4. The smallest absolute Gasteiger partial charge is 0.323 e. The average Bonchev–Trinajstić information content (AvgIpc) is 3.62. The Kier molecular flexibility index (Phi) is 6.63. The molecule has 6 heteroatoms. The van der Waals surface area contributed by atoms with E-state index in [9.17, 15) is 14.7 Å². The summed E-state index contributed by atoms with van der Waals surface area (Å²) in [4.78, 5) is 24.1. The van der Waals surface area contributed by atoms with Gasteiger partial charge in [-0.15, -0.1) is 0 Å². The van der Waals surface area contributed by atoms with Crippen molar-refractivity contribution in [3.05, 3.63) is 89.5 Å². The highest BCUT2D eigenvalue weighted by Gasteiger charge is 2.44. The van der Waals surface area contributed by atoms with Gasteiger partial charge in [0.25, 0.3) is 0 Å². The highest BCUT2D eigenvalue weighted by Crippen LogP contribution is 2.49. The van der Waals surface area contributed by atoms with Gasteiger partial charge in [-0.2, -0.15) is 0 Å². The summed E-state index contributed by atoms with van der Waals surface area (Å²) in [5, 5.41) is 15.0. The average molecular weight is 445 g/mol. The minimum absolute atomic E-state index is 0.0478. The molecule has 33 heavy (non-hydrogen) atoms. The fraction of sp³-hybridized carbons (Fsp3) is 0.259. The lowest BCUT2D eigenvalue weighted by Crippen LogP contribution is -2.20. The number of carboxylic acids is 1. The van der Waals surface area contributed by atoms with Crippen LogP contribution in [0.5, 0.6) is 5.75 Å². The van der Waals surface area contributed by atoms with Crippen molar-refractivity contribution in [1.29, 1.82) is 0 Å². The summed E-state index contributed by atoms with van der Waals surface area (Å²) in [6.45, 7) is 4.03. The van der Waals surface area contributed by atoms with Crippen LogP contribution in [0.3, 0.4) is 0 Å². The fourth-order valence-corrected chi connectivity index (χ4v) is 3.94.